The molecule has 0 spiro atoms. The lowest BCUT2D eigenvalue weighted by atomic mass is 10.2. The molecular weight excluding hydrogens is 351 g/mol. The van der Waals surface area contributed by atoms with Crippen LogP contribution in [-0.4, -0.2) is 11.1 Å². The summed E-state index contributed by atoms with van der Waals surface area (Å²) in [5.74, 6) is -0.964. The van der Waals surface area contributed by atoms with Gasteiger partial charge in [-0.15, -0.1) is 0 Å². The number of halogens is 3. The number of aromatic carboxylic acids is 1. The monoisotopic (exact) mass is 358 g/mol. The standard InChI is InChI=1S/C14H9BrClFO3/c15-11-6-8(14(18)19)1-4-13(11)20-7-9-5-10(17)2-3-12(9)16/h1-6H,7H2,(H,18,19). The Kier molecular flexibility index (Phi) is 4.62. The molecule has 6 heteroatoms. The zero-order chi connectivity index (χ0) is 14.7. The predicted octanol–water partition coefficient (Wildman–Crippen LogP) is 4.52. The first-order chi connectivity index (χ1) is 9.47. The molecule has 0 atom stereocenters. The number of hydrogen-bond acceptors (Lipinski definition) is 2. The third-order valence-electron chi connectivity index (χ3n) is 2.57. The Bertz CT molecular complexity index is 661. The lowest BCUT2D eigenvalue weighted by Gasteiger charge is -2.10. The number of rotatable bonds is 4. The van der Waals surface area contributed by atoms with Crippen molar-refractivity contribution in [3.05, 3.63) is 62.8 Å². The van der Waals surface area contributed by atoms with E-state index >= 15 is 0 Å². The Morgan fingerprint density at radius 3 is 2.70 bits per heavy atom. The van der Waals surface area contributed by atoms with Crippen LogP contribution in [0.2, 0.25) is 5.02 Å². The van der Waals surface area contributed by atoms with Gasteiger partial charge in [0.25, 0.3) is 0 Å². The SMILES string of the molecule is O=C(O)c1ccc(OCc2cc(F)ccc2Cl)c(Br)c1. The summed E-state index contributed by atoms with van der Waals surface area (Å²) < 4.78 is 19.1. The van der Waals surface area contributed by atoms with Crippen molar-refractivity contribution in [2.24, 2.45) is 0 Å². The first-order valence-electron chi connectivity index (χ1n) is 5.57. The van der Waals surface area contributed by atoms with Crippen LogP contribution >= 0.6 is 27.5 Å². The van der Waals surface area contributed by atoms with E-state index < -0.39 is 11.8 Å². The Balaban J connectivity index is 2.15. The van der Waals surface area contributed by atoms with Crippen molar-refractivity contribution >= 4 is 33.5 Å². The third-order valence-corrected chi connectivity index (χ3v) is 3.56. The highest BCUT2D eigenvalue weighted by atomic mass is 79.9. The molecule has 0 amide bonds. The number of carboxylic acid groups (broad SMARTS) is 1. The number of benzene rings is 2. The minimum atomic E-state index is -1.02. The first kappa shape index (κ1) is 14.8. The van der Waals surface area contributed by atoms with Gasteiger partial charge < -0.3 is 9.84 Å². The maximum absolute atomic E-state index is 13.1. The highest BCUT2D eigenvalue weighted by Gasteiger charge is 2.09. The third kappa shape index (κ3) is 3.49. The molecule has 0 bridgehead atoms. The highest BCUT2D eigenvalue weighted by Crippen LogP contribution is 2.28. The Hall–Kier alpha value is -1.59. The maximum atomic E-state index is 13.1. The number of hydrogen-bond donors (Lipinski definition) is 1. The molecule has 3 nitrogen and oxygen atoms in total. The van der Waals surface area contributed by atoms with Crippen molar-refractivity contribution in [2.45, 2.75) is 6.61 Å². The molecule has 0 aliphatic carbocycles. The summed E-state index contributed by atoms with van der Waals surface area (Å²) in [4.78, 5) is 10.8. The molecule has 0 saturated heterocycles. The van der Waals surface area contributed by atoms with Crippen molar-refractivity contribution in [2.75, 3.05) is 0 Å². The van der Waals surface area contributed by atoms with Gasteiger partial charge in [-0.05, 0) is 52.3 Å². The maximum Gasteiger partial charge on any atom is 0.335 e. The van der Waals surface area contributed by atoms with E-state index in [-0.39, 0.29) is 12.2 Å². The first-order valence-corrected chi connectivity index (χ1v) is 6.74. The molecule has 0 unspecified atom stereocenters. The average Bonchev–Trinajstić information content (AvgIpc) is 2.40. The molecular formula is C14H9BrClFO3. The second-order valence-corrected chi connectivity index (χ2v) is 5.24. The molecule has 0 fully saturated rings. The molecule has 1 N–H and O–H groups in total. The molecule has 0 heterocycles. The summed E-state index contributed by atoms with van der Waals surface area (Å²) in [6.45, 7) is 0.0849. The summed E-state index contributed by atoms with van der Waals surface area (Å²) in [5, 5.41) is 9.26. The van der Waals surface area contributed by atoms with Gasteiger partial charge in [-0.2, -0.15) is 0 Å². The van der Waals surface area contributed by atoms with Crippen LogP contribution in [0.15, 0.2) is 40.9 Å². The van der Waals surface area contributed by atoms with E-state index in [0.717, 1.165) is 0 Å². The summed E-state index contributed by atoms with van der Waals surface area (Å²) in [6.07, 6.45) is 0. The van der Waals surface area contributed by atoms with Gasteiger partial charge in [0.15, 0.2) is 0 Å². The van der Waals surface area contributed by atoms with Crippen LogP contribution < -0.4 is 4.74 Å². The van der Waals surface area contributed by atoms with Crippen molar-refractivity contribution < 1.29 is 19.0 Å². The Labute approximate surface area is 128 Å². The van der Waals surface area contributed by atoms with E-state index in [1.165, 1.54) is 36.4 Å². The zero-order valence-electron chi connectivity index (χ0n) is 10.1. The van der Waals surface area contributed by atoms with Gasteiger partial charge >= 0.3 is 5.97 Å². The normalized spacial score (nSPS) is 10.3. The second kappa shape index (κ2) is 6.24. The summed E-state index contributed by atoms with van der Waals surface area (Å²) in [7, 11) is 0. The van der Waals surface area contributed by atoms with Gasteiger partial charge in [-0.3, -0.25) is 0 Å². The fourth-order valence-electron chi connectivity index (χ4n) is 1.56. The second-order valence-electron chi connectivity index (χ2n) is 3.97. The van der Waals surface area contributed by atoms with Gasteiger partial charge in [0.05, 0.1) is 10.0 Å². The molecule has 104 valence electrons. The molecule has 0 aliphatic heterocycles. The minimum Gasteiger partial charge on any atom is -0.488 e. The van der Waals surface area contributed by atoms with Gasteiger partial charge in [0.1, 0.15) is 18.2 Å². The molecule has 0 aromatic heterocycles. The van der Waals surface area contributed by atoms with Crippen LogP contribution in [0.3, 0.4) is 0 Å². The molecule has 0 saturated carbocycles. The lowest BCUT2D eigenvalue weighted by Crippen LogP contribution is -2.00. The minimum absolute atomic E-state index is 0.0849. The lowest BCUT2D eigenvalue weighted by molar-refractivity contribution is 0.0696. The molecule has 0 radical (unpaired) electrons. The van der Waals surface area contributed by atoms with Gasteiger partial charge in [0, 0.05) is 10.6 Å². The summed E-state index contributed by atoms with van der Waals surface area (Å²) in [5.41, 5.74) is 0.661. The Morgan fingerprint density at radius 1 is 1.30 bits per heavy atom. The van der Waals surface area contributed by atoms with Crippen LogP contribution in [0, 0.1) is 5.82 Å². The van der Waals surface area contributed by atoms with Crippen molar-refractivity contribution in [3.63, 3.8) is 0 Å². The van der Waals surface area contributed by atoms with E-state index in [1.54, 1.807) is 0 Å². The molecule has 2 aromatic rings. The van der Waals surface area contributed by atoms with Gasteiger partial charge in [-0.25, -0.2) is 9.18 Å². The molecule has 20 heavy (non-hydrogen) atoms. The van der Waals surface area contributed by atoms with Crippen molar-refractivity contribution in [1.29, 1.82) is 0 Å². The Morgan fingerprint density at radius 2 is 2.05 bits per heavy atom. The van der Waals surface area contributed by atoms with Crippen LogP contribution in [-0.2, 0) is 6.61 Å². The van der Waals surface area contributed by atoms with E-state index in [4.69, 9.17) is 21.4 Å². The average molecular weight is 360 g/mol. The molecule has 2 aromatic carbocycles. The van der Waals surface area contributed by atoms with Crippen molar-refractivity contribution in [3.8, 4) is 5.75 Å². The smallest absolute Gasteiger partial charge is 0.335 e. The van der Waals surface area contributed by atoms with E-state index in [0.29, 0.717) is 20.8 Å². The van der Waals surface area contributed by atoms with Gasteiger partial charge in [-0.1, -0.05) is 11.6 Å². The fraction of sp³-hybridized carbons (Fsp3) is 0.0714. The molecule has 0 aliphatic rings. The highest BCUT2D eigenvalue weighted by molar-refractivity contribution is 9.10. The topological polar surface area (TPSA) is 46.5 Å². The van der Waals surface area contributed by atoms with Crippen LogP contribution in [0.1, 0.15) is 15.9 Å². The van der Waals surface area contributed by atoms with Gasteiger partial charge in [0.2, 0.25) is 0 Å². The number of carboxylic acids is 1. The molecule has 2 rings (SSSR count). The largest absolute Gasteiger partial charge is 0.488 e. The number of ether oxygens (including phenoxy) is 1. The van der Waals surface area contributed by atoms with E-state index in [2.05, 4.69) is 15.9 Å². The number of carbonyl (C=O) groups is 1. The summed E-state index contributed by atoms with van der Waals surface area (Å²) >= 11 is 9.16. The summed E-state index contributed by atoms with van der Waals surface area (Å²) in [6, 6.07) is 8.41. The van der Waals surface area contributed by atoms with Crippen LogP contribution in [0.5, 0.6) is 5.75 Å². The fourth-order valence-corrected chi connectivity index (χ4v) is 2.23. The van der Waals surface area contributed by atoms with Crippen molar-refractivity contribution in [1.82, 2.24) is 0 Å². The quantitative estimate of drug-likeness (QED) is 0.873. The van der Waals surface area contributed by atoms with Crippen LogP contribution in [0.25, 0.3) is 0 Å². The van der Waals surface area contributed by atoms with E-state index in [1.807, 2.05) is 0 Å². The predicted molar refractivity (Wildman–Crippen MR) is 76.8 cm³/mol. The van der Waals surface area contributed by atoms with Crippen LogP contribution in [0.4, 0.5) is 4.39 Å². The van der Waals surface area contributed by atoms with E-state index in [9.17, 15) is 9.18 Å². The zero-order valence-corrected chi connectivity index (χ0v) is 12.4.